The molecule has 0 bridgehead atoms. The van der Waals surface area contributed by atoms with Crippen LogP contribution < -0.4 is 5.32 Å². The Morgan fingerprint density at radius 2 is 2.29 bits per heavy atom. The van der Waals surface area contributed by atoms with Crippen LogP contribution in [0.15, 0.2) is 4.52 Å². The van der Waals surface area contributed by atoms with Crippen molar-refractivity contribution in [1.82, 2.24) is 20.4 Å². The van der Waals surface area contributed by atoms with Crippen molar-refractivity contribution in [2.24, 2.45) is 0 Å². The van der Waals surface area contributed by atoms with Gasteiger partial charge in [0.1, 0.15) is 0 Å². The molecule has 0 radical (unpaired) electrons. The minimum atomic E-state index is 0.578. The molecule has 1 aromatic rings. The number of aromatic nitrogens is 2. The van der Waals surface area contributed by atoms with E-state index in [0.29, 0.717) is 12.0 Å². The molecule has 2 fully saturated rings. The molecule has 0 amide bonds. The van der Waals surface area contributed by atoms with Crippen molar-refractivity contribution in [1.29, 1.82) is 0 Å². The number of hydrogen-bond donors (Lipinski definition) is 1. The Balaban J connectivity index is 1.50. The van der Waals surface area contributed by atoms with Crippen LogP contribution >= 0.6 is 0 Å². The Labute approximate surface area is 102 Å². The van der Waals surface area contributed by atoms with Crippen molar-refractivity contribution < 1.29 is 4.52 Å². The van der Waals surface area contributed by atoms with Crippen molar-refractivity contribution in [2.45, 2.75) is 44.2 Å². The van der Waals surface area contributed by atoms with Gasteiger partial charge in [-0.2, -0.15) is 4.98 Å². The Morgan fingerprint density at radius 3 is 3.00 bits per heavy atom. The molecular formula is C12H20N4O. The van der Waals surface area contributed by atoms with Gasteiger partial charge >= 0.3 is 0 Å². The van der Waals surface area contributed by atoms with Crippen molar-refractivity contribution in [2.75, 3.05) is 20.1 Å². The van der Waals surface area contributed by atoms with Crippen LogP contribution in [0.25, 0.3) is 0 Å². The quantitative estimate of drug-likeness (QED) is 0.830. The second-order valence-electron chi connectivity index (χ2n) is 5.31. The summed E-state index contributed by atoms with van der Waals surface area (Å²) in [5, 5.41) is 7.53. The third kappa shape index (κ3) is 2.84. The smallest absolute Gasteiger partial charge is 0.240 e. The monoisotopic (exact) mass is 236 g/mol. The normalized spacial score (nSPS) is 24.7. The summed E-state index contributed by atoms with van der Waals surface area (Å²) in [5.41, 5.74) is 0. The first-order valence-electron chi connectivity index (χ1n) is 6.55. The zero-order valence-corrected chi connectivity index (χ0v) is 10.4. The van der Waals surface area contributed by atoms with Gasteiger partial charge in [0.25, 0.3) is 0 Å². The summed E-state index contributed by atoms with van der Waals surface area (Å²) in [7, 11) is 2.11. The number of hydrogen-bond acceptors (Lipinski definition) is 5. The molecule has 1 atom stereocenters. The molecule has 1 aliphatic carbocycles. The standard InChI is InChI=1S/C12H20N4O/c1-16(7-10-3-2-6-13-10)8-11-14-12(15-17-11)9-4-5-9/h9-10,13H,2-8H2,1H3. The molecule has 1 unspecified atom stereocenters. The molecule has 0 aromatic carbocycles. The molecule has 1 aromatic heterocycles. The van der Waals surface area contributed by atoms with Crippen LogP contribution in [0.2, 0.25) is 0 Å². The van der Waals surface area contributed by atoms with Crippen LogP contribution in [0.4, 0.5) is 0 Å². The first-order chi connectivity index (χ1) is 8.31. The molecule has 3 rings (SSSR count). The predicted molar refractivity (Wildman–Crippen MR) is 63.6 cm³/mol. The number of nitrogens with one attached hydrogen (secondary N) is 1. The molecule has 17 heavy (non-hydrogen) atoms. The highest BCUT2D eigenvalue weighted by atomic mass is 16.5. The summed E-state index contributed by atoms with van der Waals surface area (Å²) in [6.45, 7) is 2.98. The van der Waals surface area contributed by atoms with Gasteiger partial charge in [-0.15, -0.1) is 0 Å². The van der Waals surface area contributed by atoms with Crippen molar-refractivity contribution in [3.05, 3.63) is 11.7 Å². The zero-order chi connectivity index (χ0) is 11.7. The van der Waals surface area contributed by atoms with Gasteiger partial charge in [0.2, 0.25) is 5.89 Å². The Morgan fingerprint density at radius 1 is 1.41 bits per heavy atom. The Kier molecular flexibility index (Phi) is 3.11. The first kappa shape index (κ1) is 11.2. The van der Waals surface area contributed by atoms with E-state index >= 15 is 0 Å². The minimum absolute atomic E-state index is 0.578. The molecule has 2 heterocycles. The highest BCUT2D eigenvalue weighted by Crippen LogP contribution is 2.38. The van der Waals surface area contributed by atoms with Crippen LogP contribution in [0.1, 0.15) is 43.3 Å². The summed E-state index contributed by atoms with van der Waals surface area (Å²) in [4.78, 5) is 6.70. The maximum absolute atomic E-state index is 5.28. The second-order valence-corrected chi connectivity index (χ2v) is 5.31. The average Bonchev–Trinajstić information content (AvgIpc) is 2.84. The van der Waals surface area contributed by atoms with Crippen LogP contribution in [0, 0.1) is 0 Å². The van der Waals surface area contributed by atoms with Gasteiger partial charge in [-0.25, -0.2) is 0 Å². The van der Waals surface area contributed by atoms with Gasteiger partial charge in [0.15, 0.2) is 5.82 Å². The van der Waals surface area contributed by atoms with Gasteiger partial charge in [-0.3, -0.25) is 4.90 Å². The molecule has 1 saturated heterocycles. The largest absolute Gasteiger partial charge is 0.338 e. The lowest BCUT2D eigenvalue weighted by Gasteiger charge is -2.18. The zero-order valence-electron chi connectivity index (χ0n) is 10.4. The van der Waals surface area contributed by atoms with E-state index in [1.54, 1.807) is 0 Å². The van der Waals surface area contributed by atoms with E-state index in [2.05, 4.69) is 27.4 Å². The number of nitrogens with zero attached hydrogens (tertiary/aromatic N) is 3. The molecule has 0 spiro atoms. The van der Waals surface area contributed by atoms with Gasteiger partial charge < -0.3 is 9.84 Å². The fourth-order valence-electron chi connectivity index (χ4n) is 2.42. The van der Waals surface area contributed by atoms with Crippen molar-refractivity contribution in [3.63, 3.8) is 0 Å². The third-order valence-electron chi connectivity index (χ3n) is 3.53. The molecule has 1 saturated carbocycles. The predicted octanol–water partition coefficient (Wildman–Crippen LogP) is 1.13. The lowest BCUT2D eigenvalue weighted by atomic mass is 10.2. The molecule has 1 N–H and O–H groups in total. The molecule has 5 nitrogen and oxygen atoms in total. The summed E-state index contributed by atoms with van der Waals surface area (Å²) >= 11 is 0. The summed E-state index contributed by atoms with van der Waals surface area (Å²) in [5.74, 6) is 2.24. The first-order valence-corrected chi connectivity index (χ1v) is 6.55. The Hall–Kier alpha value is -0.940. The van der Waals surface area contributed by atoms with Crippen LogP contribution in [-0.2, 0) is 6.54 Å². The SMILES string of the molecule is CN(Cc1nc(C2CC2)no1)CC1CCCN1. The van der Waals surface area contributed by atoms with E-state index in [4.69, 9.17) is 4.52 Å². The van der Waals surface area contributed by atoms with Gasteiger partial charge in [-0.1, -0.05) is 5.16 Å². The summed E-state index contributed by atoms with van der Waals surface area (Å²) in [6.07, 6.45) is 5.02. The number of likely N-dealkylation sites (N-methyl/N-ethyl adjacent to an activating group) is 1. The van der Waals surface area contributed by atoms with Gasteiger partial charge in [-0.05, 0) is 39.3 Å². The van der Waals surface area contributed by atoms with E-state index in [1.165, 1.54) is 25.7 Å². The lowest BCUT2D eigenvalue weighted by Crippen LogP contribution is -2.35. The molecule has 94 valence electrons. The van der Waals surface area contributed by atoms with Crippen molar-refractivity contribution in [3.8, 4) is 0 Å². The topological polar surface area (TPSA) is 54.2 Å². The highest BCUT2D eigenvalue weighted by molar-refractivity contribution is 5.03. The molecule has 1 aliphatic heterocycles. The fourth-order valence-corrected chi connectivity index (χ4v) is 2.42. The highest BCUT2D eigenvalue weighted by Gasteiger charge is 2.29. The maximum atomic E-state index is 5.28. The lowest BCUT2D eigenvalue weighted by molar-refractivity contribution is 0.248. The average molecular weight is 236 g/mol. The van der Waals surface area contributed by atoms with Crippen LogP contribution in [-0.4, -0.2) is 41.2 Å². The third-order valence-corrected chi connectivity index (χ3v) is 3.53. The van der Waals surface area contributed by atoms with E-state index in [1.807, 2.05) is 0 Å². The van der Waals surface area contributed by atoms with Gasteiger partial charge in [0.05, 0.1) is 6.54 Å². The van der Waals surface area contributed by atoms with E-state index in [9.17, 15) is 0 Å². The fraction of sp³-hybridized carbons (Fsp3) is 0.833. The van der Waals surface area contributed by atoms with E-state index in [-0.39, 0.29) is 0 Å². The van der Waals surface area contributed by atoms with Crippen LogP contribution in [0.5, 0.6) is 0 Å². The van der Waals surface area contributed by atoms with E-state index in [0.717, 1.165) is 31.3 Å². The maximum Gasteiger partial charge on any atom is 0.240 e. The minimum Gasteiger partial charge on any atom is -0.338 e. The van der Waals surface area contributed by atoms with Gasteiger partial charge in [0, 0.05) is 18.5 Å². The molecule has 5 heteroatoms. The number of rotatable bonds is 5. The van der Waals surface area contributed by atoms with Crippen molar-refractivity contribution >= 4 is 0 Å². The van der Waals surface area contributed by atoms with Crippen LogP contribution in [0.3, 0.4) is 0 Å². The Bertz CT molecular complexity index is 368. The summed E-state index contributed by atoms with van der Waals surface area (Å²) < 4.78 is 5.28. The second kappa shape index (κ2) is 4.74. The molecule has 2 aliphatic rings. The van der Waals surface area contributed by atoms with E-state index < -0.39 is 0 Å². The molecular weight excluding hydrogens is 216 g/mol. The summed E-state index contributed by atoms with van der Waals surface area (Å²) in [6, 6.07) is 0.630.